The molecule has 7 unspecified atom stereocenters. The van der Waals surface area contributed by atoms with Gasteiger partial charge in [0, 0.05) is 12.5 Å². The molecular weight excluding hydrogens is 814 g/mol. The van der Waals surface area contributed by atoms with Gasteiger partial charge in [0.25, 0.3) is 0 Å². The van der Waals surface area contributed by atoms with Crippen molar-refractivity contribution in [3.8, 4) is 0 Å². The van der Waals surface area contributed by atoms with E-state index in [4.69, 9.17) is 37.9 Å². The summed E-state index contributed by atoms with van der Waals surface area (Å²) in [6.07, 6.45) is -24.6. The molecule has 3 fully saturated rings. The number of rotatable bonds is 11. The van der Waals surface area contributed by atoms with Gasteiger partial charge >= 0.3 is 24.2 Å². The number of carbonyl (C=O) groups excluding carboxylic acids is 4. The standard InChI is InChI=1S/C39H69N3O19/c1-36(2,3)58-21(44)14-17-13-18(41-34(52)60-38(7,8)9)30(57-32-27(49)26(48)24(46)19(54-32)15-40-33(51)59-37(4,5)6)28(50)29(17)56-31-25(47)22(23(45)20(16-43)55-31)42-35(53)61-39(10,11)12/h17-20,22-32,43,45-50H,13-16H2,1-12H3,(H,40,51)(H,41,52)(H,42,53)/t17?,18?,19?,20-,22-,23?,24-,25-,26+,27?,28-,29-,30?,31?,32-/m1/s1. The number of aliphatic hydroxyl groups is 7. The monoisotopic (exact) mass is 883 g/mol. The number of alkyl carbamates (subject to hydrolysis) is 3. The van der Waals surface area contributed by atoms with E-state index in [1.807, 2.05) is 0 Å². The topological polar surface area (TPSA) is 320 Å². The van der Waals surface area contributed by atoms with Gasteiger partial charge in [0.05, 0.1) is 31.2 Å². The van der Waals surface area contributed by atoms with Crippen LogP contribution in [0.2, 0.25) is 0 Å². The Balaban J connectivity index is 2.05. The van der Waals surface area contributed by atoms with Crippen LogP contribution in [0.15, 0.2) is 0 Å². The molecule has 3 amide bonds. The molecule has 0 aromatic heterocycles. The Morgan fingerprint density at radius 2 is 1.03 bits per heavy atom. The Bertz CT molecular complexity index is 1480. The quantitative estimate of drug-likeness (QED) is 0.0917. The number of carbonyl (C=O) groups is 4. The van der Waals surface area contributed by atoms with E-state index in [1.165, 1.54) is 0 Å². The fourth-order valence-electron chi connectivity index (χ4n) is 6.88. The maximum absolute atomic E-state index is 13.4. The maximum Gasteiger partial charge on any atom is 0.408 e. The largest absolute Gasteiger partial charge is 0.460 e. The van der Waals surface area contributed by atoms with E-state index in [2.05, 4.69) is 16.0 Å². The highest BCUT2D eigenvalue weighted by molar-refractivity contribution is 5.71. The first-order valence-corrected chi connectivity index (χ1v) is 20.3. The molecule has 0 aromatic carbocycles. The summed E-state index contributed by atoms with van der Waals surface area (Å²) in [5, 5.41) is 84.9. The third kappa shape index (κ3) is 15.9. The number of amides is 3. The molecule has 3 rings (SSSR count). The van der Waals surface area contributed by atoms with Crippen molar-refractivity contribution in [1.82, 2.24) is 16.0 Å². The summed E-state index contributed by atoms with van der Waals surface area (Å²) in [5.41, 5.74) is -3.81. The van der Waals surface area contributed by atoms with Crippen LogP contribution in [0.5, 0.6) is 0 Å². The number of hydrogen-bond donors (Lipinski definition) is 10. The van der Waals surface area contributed by atoms with E-state index in [9.17, 15) is 54.9 Å². The van der Waals surface area contributed by atoms with Gasteiger partial charge in [-0.15, -0.1) is 0 Å². The number of aliphatic hydroxyl groups excluding tert-OH is 7. The first-order valence-electron chi connectivity index (χ1n) is 20.3. The summed E-state index contributed by atoms with van der Waals surface area (Å²) in [7, 11) is 0. The molecule has 10 N–H and O–H groups in total. The van der Waals surface area contributed by atoms with E-state index in [0.717, 1.165) is 0 Å². The van der Waals surface area contributed by atoms with Gasteiger partial charge in [-0.2, -0.15) is 0 Å². The first-order chi connectivity index (χ1) is 27.8. The van der Waals surface area contributed by atoms with Crippen molar-refractivity contribution in [3.63, 3.8) is 0 Å². The number of nitrogens with one attached hydrogen (secondary N) is 3. The Morgan fingerprint density at radius 1 is 0.557 bits per heavy atom. The zero-order valence-corrected chi connectivity index (χ0v) is 37.0. The highest BCUT2D eigenvalue weighted by Crippen LogP contribution is 2.37. The molecule has 2 aliphatic heterocycles. The average Bonchev–Trinajstić information content (AvgIpc) is 3.07. The zero-order chi connectivity index (χ0) is 46.6. The summed E-state index contributed by atoms with van der Waals surface area (Å²) in [5.74, 6) is -1.84. The minimum Gasteiger partial charge on any atom is -0.460 e. The molecule has 61 heavy (non-hydrogen) atoms. The number of hydrogen-bond acceptors (Lipinski definition) is 19. The van der Waals surface area contributed by atoms with Crippen molar-refractivity contribution in [2.45, 2.75) is 204 Å². The van der Waals surface area contributed by atoms with Crippen LogP contribution in [0, 0.1) is 5.92 Å². The van der Waals surface area contributed by atoms with Crippen molar-refractivity contribution in [3.05, 3.63) is 0 Å². The van der Waals surface area contributed by atoms with Gasteiger partial charge in [-0.25, -0.2) is 14.4 Å². The van der Waals surface area contributed by atoms with Crippen LogP contribution < -0.4 is 16.0 Å². The minimum atomic E-state index is -1.98. The number of esters is 1. The van der Waals surface area contributed by atoms with Crippen LogP contribution in [0.25, 0.3) is 0 Å². The molecule has 0 aromatic rings. The molecule has 3 aliphatic rings. The lowest BCUT2D eigenvalue weighted by Gasteiger charge is -2.49. The van der Waals surface area contributed by atoms with Crippen molar-refractivity contribution in [2.24, 2.45) is 5.92 Å². The summed E-state index contributed by atoms with van der Waals surface area (Å²) in [4.78, 5) is 51.8. The van der Waals surface area contributed by atoms with E-state index < -0.39 is 158 Å². The fourth-order valence-corrected chi connectivity index (χ4v) is 6.88. The van der Waals surface area contributed by atoms with Gasteiger partial charge in [-0.05, 0) is 89.5 Å². The normalized spacial score (nSPS) is 35.0. The van der Waals surface area contributed by atoms with Crippen molar-refractivity contribution in [1.29, 1.82) is 0 Å². The molecule has 15 atom stereocenters. The maximum atomic E-state index is 13.4. The van der Waals surface area contributed by atoms with Gasteiger partial charge in [0.2, 0.25) is 0 Å². The second-order valence-electron chi connectivity index (χ2n) is 19.5. The third-order valence-electron chi connectivity index (χ3n) is 9.31. The molecule has 22 heteroatoms. The van der Waals surface area contributed by atoms with Crippen molar-refractivity contribution < 1.29 is 92.8 Å². The first kappa shape index (κ1) is 52.2. The molecule has 2 heterocycles. The van der Waals surface area contributed by atoms with Crippen LogP contribution in [-0.4, -0.2) is 181 Å². The predicted molar refractivity (Wildman–Crippen MR) is 209 cm³/mol. The van der Waals surface area contributed by atoms with Crippen molar-refractivity contribution in [2.75, 3.05) is 13.2 Å². The Hall–Kier alpha value is -3.16. The number of ether oxygens (including phenoxy) is 8. The van der Waals surface area contributed by atoms with Crippen LogP contribution in [-0.2, 0) is 42.7 Å². The average molecular weight is 884 g/mol. The highest BCUT2D eigenvalue weighted by Gasteiger charge is 2.54. The van der Waals surface area contributed by atoms with Crippen molar-refractivity contribution >= 4 is 24.2 Å². The second kappa shape index (κ2) is 20.6. The lowest BCUT2D eigenvalue weighted by Crippen LogP contribution is -2.68. The predicted octanol–water partition coefficient (Wildman–Crippen LogP) is -0.573. The summed E-state index contributed by atoms with van der Waals surface area (Å²) in [6, 6.07) is -2.84. The molecular formula is C39H69N3O19. The van der Waals surface area contributed by atoms with Gasteiger partial charge < -0.3 is 89.6 Å². The van der Waals surface area contributed by atoms with Gasteiger partial charge in [0.15, 0.2) is 12.6 Å². The minimum absolute atomic E-state index is 0.253. The molecule has 0 radical (unpaired) electrons. The summed E-state index contributed by atoms with van der Waals surface area (Å²) >= 11 is 0. The Labute approximate surface area is 355 Å². The summed E-state index contributed by atoms with van der Waals surface area (Å²) < 4.78 is 45.4. The molecule has 354 valence electrons. The van der Waals surface area contributed by atoms with Crippen LogP contribution >= 0.6 is 0 Å². The van der Waals surface area contributed by atoms with Crippen LogP contribution in [0.1, 0.15) is 95.9 Å². The van der Waals surface area contributed by atoms with E-state index >= 15 is 0 Å². The highest BCUT2D eigenvalue weighted by atomic mass is 16.7. The molecule has 1 saturated carbocycles. The van der Waals surface area contributed by atoms with Gasteiger partial charge in [-0.3, -0.25) is 4.79 Å². The SMILES string of the molecule is CC(C)(C)OC(=O)CC1CC(NC(=O)OC(C)(C)C)C(O[C@H]2OC(CNC(=O)OC(C)(C)C)[C@@H](O)[C@H](O)C2O)[C@H](O)[C@@H]1OC1O[C@H](CO)C(O)[C@@H](NC(=O)OC(C)(C)C)[C@H]1O. The van der Waals surface area contributed by atoms with Crippen LogP contribution in [0.4, 0.5) is 14.4 Å². The molecule has 2 saturated heterocycles. The Kier molecular flexibility index (Phi) is 17.6. The lowest BCUT2D eigenvalue weighted by molar-refractivity contribution is -0.337. The molecule has 1 aliphatic carbocycles. The Morgan fingerprint density at radius 3 is 1.56 bits per heavy atom. The fraction of sp³-hybridized carbons (Fsp3) is 0.897. The lowest BCUT2D eigenvalue weighted by atomic mass is 9.77. The third-order valence-corrected chi connectivity index (χ3v) is 9.31. The smallest absolute Gasteiger partial charge is 0.408 e. The second-order valence-corrected chi connectivity index (χ2v) is 19.5. The summed E-state index contributed by atoms with van der Waals surface area (Å²) in [6.45, 7) is 18.1. The molecule has 0 spiro atoms. The van der Waals surface area contributed by atoms with E-state index in [0.29, 0.717) is 0 Å². The molecule has 0 bridgehead atoms. The molecule has 22 nitrogen and oxygen atoms in total. The van der Waals surface area contributed by atoms with E-state index in [-0.39, 0.29) is 6.42 Å². The zero-order valence-electron chi connectivity index (χ0n) is 37.0. The van der Waals surface area contributed by atoms with Gasteiger partial charge in [0.1, 0.15) is 77.3 Å². The van der Waals surface area contributed by atoms with Crippen LogP contribution in [0.3, 0.4) is 0 Å². The van der Waals surface area contributed by atoms with E-state index in [1.54, 1.807) is 83.1 Å². The van der Waals surface area contributed by atoms with Gasteiger partial charge in [-0.1, -0.05) is 0 Å².